The number of methoxy groups -OCH3 is 1. The first-order valence-electron chi connectivity index (χ1n) is 7.92. The topological polar surface area (TPSA) is 34.2 Å². The minimum atomic E-state index is -0.0440. The molecule has 0 bridgehead atoms. The molecule has 1 N–H and O–H groups in total. The number of hydrogen-bond acceptors (Lipinski definition) is 3. The maximum absolute atomic E-state index is 5.92. The van der Waals surface area contributed by atoms with Gasteiger partial charge in [0.25, 0.3) is 0 Å². The van der Waals surface area contributed by atoms with Crippen LogP contribution >= 0.6 is 0 Å². The molecule has 1 aromatic carbocycles. The second-order valence-electron chi connectivity index (χ2n) is 5.97. The molecule has 2 aromatic rings. The molecule has 0 spiro atoms. The van der Waals surface area contributed by atoms with E-state index in [1.54, 1.807) is 0 Å². The molecular weight excluding hydrogens is 260 g/mol. The number of nitrogens with zero attached hydrogens (tertiary/aromatic N) is 1. The highest BCUT2D eigenvalue weighted by atomic mass is 16.5. The Labute approximate surface area is 126 Å². The van der Waals surface area contributed by atoms with E-state index in [9.17, 15) is 0 Å². The van der Waals surface area contributed by atoms with Gasteiger partial charge in [-0.05, 0) is 49.9 Å². The van der Waals surface area contributed by atoms with Crippen molar-refractivity contribution >= 4 is 10.9 Å². The summed E-state index contributed by atoms with van der Waals surface area (Å²) < 4.78 is 5.92. The Kier molecular flexibility index (Phi) is 4.22. The summed E-state index contributed by atoms with van der Waals surface area (Å²) in [6, 6.07) is 10.9. The van der Waals surface area contributed by atoms with Crippen LogP contribution in [0.2, 0.25) is 0 Å². The van der Waals surface area contributed by atoms with Gasteiger partial charge >= 0.3 is 0 Å². The van der Waals surface area contributed by atoms with Crippen LogP contribution in [0.25, 0.3) is 10.9 Å². The van der Waals surface area contributed by atoms with Gasteiger partial charge in [0.15, 0.2) is 0 Å². The van der Waals surface area contributed by atoms with E-state index in [2.05, 4.69) is 41.5 Å². The highest BCUT2D eigenvalue weighted by molar-refractivity contribution is 5.79. The Balaban J connectivity index is 1.97. The molecule has 0 aliphatic heterocycles. The number of hydrogen-bond donors (Lipinski definition) is 1. The summed E-state index contributed by atoms with van der Waals surface area (Å²) in [7, 11) is 1.85. The Bertz CT molecular complexity index is 601. The average Bonchev–Trinajstić information content (AvgIpc) is 2.49. The number of pyridine rings is 1. The monoisotopic (exact) mass is 284 g/mol. The molecule has 1 atom stereocenters. The predicted octanol–water partition coefficient (Wildman–Crippen LogP) is 3.84. The van der Waals surface area contributed by atoms with Crippen LogP contribution in [0.1, 0.15) is 44.2 Å². The van der Waals surface area contributed by atoms with Crippen LogP contribution in [-0.4, -0.2) is 24.2 Å². The molecule has 21 heavy (non-hydrogen) atoms. The molecule has 1 unspecified atom stereocenters. The molecule has 112 valence electrons. The molecule has 1 heterocycles. The molecule has 1 aliphatic rings. The van der Waals surface area contributed by atoms with Gasteiger partial charge in [-0.3, -0.25) is 4.98 Å². The Hall–Kier alpha value is -1.45. The Morgan fingerprint density at radius 2 is 2.19 bits per heavy atom. The van der Waals surface area contributed by atoms with Crippen LogP contribution in [0.15, 0.2) is 36.5 Å². The van der Waals surface area contributed by atoms with Crippen molar-refractivity contribution in [3.05, 3.63) is 42.1 Å². The summed E-state index contributed by atoms with van der Waals surface area (Å²) in [6.07, 6.45) is 6.50. The lowest BCUT2D eigenvalue weighted by Crippen LogP contribution is -2.50. The summed E-state index contributed by atoms with van der Waals surface area (Å²) in [5.41, 5.74) is 2.30. The van der Waals surface area contributed by atoms with Gasteiger partial charge in [0.1, 0.15) is 0 Å². The van der Waals surface area contributed by atoms with Crippen LogP contribution in [0.4, 0.5) is 0 Å². The Morgan fingerprint density at radius 3 is 2.86 bits per heavy atom. The van der Waals surface area contributed by atoms with Crippen molar-refractivity contribution in [2.75, 3.05) is 13.7 Å². The van der Waals surface area contributed by atoms with E-state index in [-0.39, 0.29) is 11.6 Å². The fraction of sp³-hybridized carbons (Fsp3) is 0.500. The van der Waals surface area contributed by atoms with E-state index in [0.717, 1.165) is 31.3 Å². The number of rotatable bonds is 6. The van der Waals surface area contributed by atoms with E-state index in [4.69, 9.17) is 4.74 Å². The number of fused-ring (bicyclic) bond motifs is 1. The maximum Gasteiger partial charge on any atom is 0.0872 e. The number of ether oxygens (including phenoxy) is 1. The normalized spacial score (nSPS) is 18.4. The van der Waals surface area contributed by atoms with Crippen molar-refractivity contribution in [2.24, 2.45) is 0 Å². The van der Waals surface area contributed by atoms with Gasteiger partial charge in [0.2, 0.25) is 0 Å². The third-order valence-electron chi connectivity index (χ3n) is 4.69. The van der Waals surface area contributed by atoms with E-state index in [0.29, 0.717) is 0 Å². The second kappa shape index (κ2) is 6.12. The van der Waals surface area contributed by atoms with Crippen molar-refractivity contribution < 1.29 is 4.74 Å². The molecule has 1 fully saturated rings. The molecule has 3 heteroatoms. The standard InChI is InChI=1S/C18H24N2O/c1-3-11-20-17(18(21-2)9-5-10-18)15-8-7-14-6-4-12-19-16(14)13-15/h4,6-8,12-13,17,20H,3,5,9-11H2,1-2H3. The molecule has 1 aromatic heterocycles. The second-order valence-corrected chi connectivity index (χ2v) is 5.97. The third kappa shape index (κ3) is 2.68. The zero-order chi connectivity index (χ0) is 14.7. The van der Waals surface area contributed by atoms with Gasteiger partial charge < -0.3 is 10.1 Å². The fourth-order valence-corrected chi connectivity index (χ4v) is 3.30. The molecule has 1 aliphatic carbocycles. The van der Waals surface area contributed by atoms with Crippen LogP contribution in [0.5, 0.6) is 0 Å². The van der Waals surface area contributed by atoms with E-state index < -0.39 is 0 Å². The molecule has 0 saturated heterocycles. The zero-order valence-corrected chi connectivity index (χ0v) is 12.9. The minimum Gasteiger partial charge on any atom is -0.376 e. The van der Waals surface area contributed by atoms with Crippen molar-refractivity contribution in [2.45, 2.75) is 44.2 Å². The first-order valence-corrected chi connectivity index (χ1v) is 7.92. The van der Waals surface area contributed by atoms with Crippen LogP contribution in [0.3, 0.4) is 0 Å². The summed E-state index contributed by atoms with van der Waals surface area (Å²) in [5.74, 6) is 0. The van der Waals surface area contributed by atoms with E-state index in [1.807, 2.05) is 19.4 Å². The number of aromatic nitrogens is 1. The largest absolute Gasteiger partial charge is 0.376 e. The van der Waals surface area contributed by atoms with Gasteiger partial charge in [0.05, 0.1) is 17.2 Å². The fourth-order valence-electron chi connectivity index (χ4n) is 3.30. The highest BCUT2D eigenvalue weighted by Crippen LogP contribution is 2.45. The van der Waals surface area contributed by atoms with Gasteiger partial charge in [-0.15, -0.1) is 0 Å². The smallest absolute Gasteiger partial charge is 0.0872 e. The minimum absolute atomic E-state index is 0.0440. The molecule has 3 rings (SSSR count). The third-order valence-corrected chi connectivity index (χ3v) is 4.69. The van der Waals surface area contributed by atoms with Gasteiger partial charge in [-0.25, -0.2) is 0 Å². The highest BCUT2D eigenvalue weighted by Gasteiger charge is 2.44. The van der Waals surface area contributed by atoms with Gasteiger partial charge in [-0.2, -0.15) is 0 Å². The van der Waals surface area contributed by atoms with E-state index in [1.165, 1.54) is 17.4 Å². The SMILES string of the molecule is CCCNC(c1ccc2cccnc2c1)C1(OC)CCC1. The lowest BCUT2D eigenvalue weighted by Gasteiger charge is -2.47. The van der Waals surface area contributed by atoms with Crippen molar-refractivity contribution in [1.29, 1.82) is 0 Å². The van der Waals surface area contributed by atoms with Gasteiger partial charge in [0, 0.05) is 18.7 Å². The Morgan fingerprint density at radius 1 is 1.33 bits per heavy atom. The molecular formula is C18H24N2O. The maximum atomic E-state index is 5.92. The average molecular weight is 284 g/mol. The van der Waals surface area contributed by atoms with Crippen molar-refractivity contribution in [3.8, 4) is 0 Å². The van der Waals surface area contributed by atoms with Crippen molar-refractivity contribution in [3.63, 3.8) is 0 Å². The lowest BCUT2D eigenvalue weighted by molar-refractivity contribution is -0.0997. The van der Waals surface area contributed by atoms with Gasteiger partial charge in [-0.1, -0.05) is 25.1 Å². The first kappa shape index (κ1) is 14.5. The molecule has 0 amide bonds. The number of benzene rings is 1. The van der Waals surface area contributed by atoms with Crippen molar-refractivity contribution in [1.82, 2.24) is 10.3 Å². The molecule has 1 saturated carbocycles. The summed E-state index contributed by atoms with van der Waals surface area (Å²) in [5, 5.41) is 4.88. The molecule has 0 radical (unpaired) electrons. The number of nitrogens with one attached hydrogen (secondary N) is 1. The quantitative estimate of drug-likeness (QED) is 0.875. The van der Waals surface area contributed by atoms with Crippen LogP contribution < -0.4 is 5.32 Å². The van der Waals surface area contributed by atoms with Crippen LogP contribution in [0, 0.1) is 0 Å². The summed E-state index contributed by atoms with van der Waals surface area (Å²) >= 11 is 0. The molecule has 3 nitrogen and oxygen atoms in total. The summed E-state index contributed by atoms with van der Waals surface area (Å²) in [6.45, 7) is 3.21. The van der Waals surface area contributed by atoms with Crippen LogP contribution in [-0.2, 0) is 4.74 Å². The lowest BCUT2D eigenvalue weighted by atomic mass is 9.72. The van der Waals surface area contributed by atoms with E-state index >= 15 is 0 Å². The summed E-state index contributed by atoms with van der Waals surface area (Å²) in [4.78, 5) is 4.49. The first-order chi connectivity index (χ1) is 10.3. The zero-order valence-electron chi connectivity index (χ0n) is 12.9. The predicted molar refractivity (Wildman–Crippen MR) is 86.4 cm³/mol.